The van der Waals surface area contributed by atoms with E-state index in [0.717, 1.165) is 38.5 Å². The Balaban J connectivity index is 0.00000242. The highest BCUT2D eigenvalue weighted by molar-refractivity contribution is 5.90. The number of nitrogens with two attached hydrogens (primary N) is 2. The summed E-state index contributed by atoms with van der Waals surface area (Å²) >= 11 is 0. The molecule has 0 aromatic rings. The molecule has 0 heterocycles. The second-order valence-electron chi connectivity index (χ2n) is 6.82. The van der Waals surface area contributed by atoms with Gasteiger partial charge >= 0.3 is 5.97 Å². The minimum absolute atomic E-state index is 0. The predicted molar refractivity (Wildman–Crippen MR) is 87.8 cm³/mol. The molecule has 2 saturated carbocycles. The highest BCUT2D eigenvalue weighted by atomic mass is 35.5. The molecule has 22 heavy (non-hydrogen) atoms. The molecule has 0 aliphatic heterocycles. The van der Waals surface area contributed by atoms with E-state index >= 15 is 0 Å². The van der Waals surface area contributed by atoms with Gasteiger partial charge in [0.1, 0.15) is 5.78 Å². The van der Waals surface area contributed by atoms with E-state index < -0.39 is 17.3 Å². The summed E-state index contributed by atoms with van der Waals surface area (Å²) in [6, 6.07) is 0. The summed E-state index contributed by atoms with van der Waals surface area (Å²) in [7, 11) is 0. The minimum atomic E-state index is -1.03. The average molecular weight is 333 g/mol. The quantitative estimate of drug-likeness (QED) is 0.713. The van der Waals surface area contributed by atoms with E-state index in [1.54, 1.807) is 0 Å². The Hall–Kier alpha value is -0.650. The SMILES string of the molecule is Cl.NCC1(C(=O)O)CCCCC1C(=O)[C@H]1CC[C@H](CN)CC1. The molecule has 5 nitrogen and oxygen atoms in total. The van der Waals surface area contributed by atoms with Gasteiger partial charge in [-0.15, -0.1) is 12.4 Å². The van der Waals surface area contributed by atoms with Crippen molar-refractivity contribution >= 4 is 24.2 Å². The van der Waals surface area contributed by atoms with Crippen LogP contribution < -0.4 is 11.5 Å². The zero-order chi connectivity index (χ0) is 15.5. The van der Waals surface area contributed by atoms with Crippen LogP contribution in [0.4, 0.5) is 0 Å². The lowest BCUT2D eigenvalue weighted by atomic mass is 9.61. The van der Waals surface area contributed by atoms with Gasteiger partial charge in [-0.25, -0.2) is 0 Å². The van der Waals surface area contributed by atoms with Crippen molar-refractivity contribution in [3.63, 3.8) is 0 Å². The van der Waals surface area contributed by atoms with E-state index in [9.17, 15) is 14.7 Å². The second-order valence-corrected chi connectivity index (χ2v) is 6.82. The maximum absolute atomic E-state index is 12.9. The number of carboxylic acid groups (broad SMARTS) is 1. The molecule has 0 bridgehead atoms. The number of hydrogen-bond donors (Lipinski definition) is 3. The van der Waals surface area contributed by atoms with E-state index in [0.29, 0.717) is 25.3 Å². The minimum Gasteiger partial charge on any atom is -0.481 e. The van der Waals surface area contributed by atoms with Gasteiger partial charge < -0.3 is 16.6 Å². The lowest BCUT2D eigenvalue weighted by Crippen LogP contribution is -2.51. The molecule has 0 aromatic heterocycles. The summed E-state index contributed by atoms with van der Waals surface area (Å²) in [6.07, 6.45) is 6.70. The molecule has 0 saturated heterocycles. The molecular weight excluding hydrogens is 304 g/mol. The maximum Gasteiger partial charge on any atom is 0.311 e. The Bertz CT molecular complexity index is 397. The van der Waals surface area contributed by atoms with E-state index in [1.165, 1.54) is 0 Å². The number of carbonyl (C=O) groups excluding carboxylic acids is 1. The molecule has 5 N–H and O–H groups in total. The first-order valence-corrected chi connectivity index (χ1v) is 8.22. The van der Waals surface area contributed by atoms with Crippen molar-refractivity contribution in [2.24, 2.45) is 34.6 Å². The van der Waals surface area contributed by atoms with Crippen molar-refractivity contribution in [1.82, 2.24) is 0 Å². The van der Waals surface area contributed by atoms with Crippen LogP contribution in [0.2, 0.25) is 0 Å². The molecule has 2 aliphatic rings. The summed E-state index contributed by atoms with van der Waals surface area (Å²) in [5, 5.41) is 9.64. The van der Waals surface area contributed by atoms with Crippen LogP contribution in [0, 0.1) is 23.2 Å². The summed E-state index contributed by atoms with van der Waals surface area (Å²) in [6.45, 7) is 0.753. The van der Waals surface area contributed by atoms with Crippen LogP contribution in [-0.4, -0.2) is 29.9 Å². The summed E-state index contributed by atoms with van der Waals surface area (Å²) < 4.78 is 0. The number of ketones is 1. The molecule has 0 spiro atoms. The van der Waals surface area contributed by atoms with E-state index in [-0.39, 0.29) is 30.7 Å². The smallest absolute Gasteiger partial charge is 0.311 e. The van der Waals surface area contributed by atoms with Crippen molar-refractivity contribution in [3.05, 3.63) is 0 Å². The van der Waals surface area contributed by atoms with Crippen LogP contribution in [0.15, 0.2) is 0 Å². The Morgan fingerprint density at radius 2 is 1.68 bits per heavy atom. The first-order valence-electron chi connectivity index (χ1n) is 8.22. The molecule has 2 atom stereocenters. The Morgan fingerprint density at radius 1 is 1.05 bits per heavy atom. The van der Waals surface area contributed by atoms with Crippen molar-refractivity contribution in [1.29, 1.82) is 0 Å². The molecule has 0 aromatic carbocycles. The van der Waals surface area contributed by atoms with Crippen LogP contribution in [0.1, 0.15) is 51.4 Å². The predicted octanol–water partition coefficient (Wildman–Crippen LogP) is 1.96. The molecule has 2 fully saturated rings. The van der Waals surface area contributed by atoms with Gasteiger partial charge in [0.2, 0.25) is 0 Å². The summed E-state index contributed by atoms with van der Waals surface area (Å²) in [5.74, 6) is -0.592. The molecule has 2 aliphatic carbocycles. The van der Waals surface area contributed by atoms with Gasteiger partial charge in [-0.1, -0.05) is 12.8 Å². The van der Waals surface area contributed by atoms with Crippen LogP contribution >= 0.6 is 12.4 Å². The number of aliphatic carboxylic acids is 1. The fourth-order valence-electron chi connectivity index (χ4n) is 4.21. The third-order valence-corrected chi connectivity index (χ3v) is 5.75. The van der Waals surface area contributed by atoms with Gasteiger partial charge in [-0.05, 0) is 51.0 Å². The topological polar surface area (TPSA) is 106 Å². The highest BCUT2D eigenvalue weighted by Crippen LogP contribution is 2.44. The number of rotatable bonds is 5. The zero-order valence-corrected chi connectivity index (χ0v) is 13.9. The summed E-state index contributed by atoms with van der Waals surface area (Å²) in [5.41, 5.74) is 10.5. The van der Waals surface area contributed by atoms with Gasteiger partial charge in [0, 0.05) is 18.4 Å². The van der Waals surface area contributed by atoms with Crippen LogP contribution in [0.5, 0.6) is 0 Å². The first-order chi connectivity index (χ1) is 10.0. The molecule has 2 rings (SSSR count). The Kier molecular flexibility index (Phi) is 7.29. The van der Waals surface area contributed by atoms with Crippen LogP contribution in [-0.2, 0) is 9.59 Å². The van der Waals surface area contributed by atoms with E-state index in [4.69, 9.17) is 11.5 Å². The maximum atomic E-state index is 12.9. The third kappa shape index (κ3) is 3.63. The fourth-order valence-corrected chi connectivity index (χ4v) is 4.21. The molecule has 0 radical (unpaired) electrons. The first kappa shape index (κ1) is 19.4. The largest absolute Gasteiger partial charge is 0.481 e. The van der Waals surface area contributed by atoms with Crippen LogP contribution in [0.3, 0.4) is 0 Å². The van der Waals surface area contributed by atoms with Gasteiger partial charge in [0.05, 0.1) is 5.41 Å². The lowest BCUT2D eigenvalue weighted by molar-refractivity contribution is -0.159. The Morgan fingerprint density at radius 3 is 2.18 bits per heavy atom. The second kappa shape index (κ2) is 8.27. The number of hydrogen-bond acceptors (Lipinski definition) is 4. The molecule has 128 valence electrons. The monoisotopic (exact) mass is 332 g/mol. The van der Waals surface area contributed by atoms with Crippen molar-refractivity contribution in [3.8, 4) is 0 Å². The van der Waals surface area contributed by atoms with Crippen LogP contribution in [0.25, 0.3) is 0 Å². The lowest BCUT2D eigenvalue weighted by Gasteiger charge is -2.41. The van der Waals surface area contributed by atoms with Gasteiger partial charge in [-0.3, -0.25) is 9.59 Å². The molecule has 6 heteroatoms. The summed E-state index contributed by atoms with van der Waals surface area (Å²) in [4.78, 5) is 24.6. The number of carboxylic acids is 1. The van der Waals surface area contributed by atoms with Gasteiger partial charge in [-0.2, -0.15) is 0 Å². The van der Waals surface area contributed by atoms with E-state index in [1.807, 2.05) is 0 Å². The highest BCUT2D eigenvalue weighted by Gasteiger charge is 2.50. The average Bonchev–Trinajstić information content (AvgIpc) is 2.53. The van der Waals surface area contributed by atoms with Gasteiger partial charge in [0.25, 0.3) is 0 Å². The fraction of sp³-hybridized carbons (Fsp3) is 0.875. The molecule has 0 amide bonds. The normalized spacial score (nSPS) is 35.5. The van der Waals surface area contributed by atoms with Gasteiger partial charge in [0.15, 0.2) is 0 Å². The zero-order valence-electron chi connectivity index (χ0n) is 13.1. The standard InChI is InChI=1S/C16H28N2O3.ClH/c17-9-11-4-6-12(7-5-11)14(19)13-3-1-2-8-16(13,10-18)15(20)21;/h11-13H,1-10,17-18H2,(H,20,21);1H/t11-,12-,13?,16?;. The van der Waals surface area contributed by atoms with Crippen molar-refractivity contribution in [2.45, 2.75) is 51.4 Å². The Labute approximate surface area is 138 Å². The number of halogens is 1. The van der Waals surface area contributed by atoms with Crippen molar-refractivity contribution < 1.29 is 14.7 Å². The molecular formula is C16H29ClN2O3. The number of Topliss-reactive ketones (excluding diaryl/α,β-unsaturated/α-hetero) is 1. The molecule has 2 unspecified atom stereocenters. The van der Waals surface area contributed by atoms with E-state index in [2.05, 4.69) is 0 Å². The number of carbonyl (C=O) groups is 2. The third-order valence-electron chi connectivity index (χ3n) is 5.75. The van der Waals surface area contributed by atoms with Crippen molar-refractivity contribution in [2.75, 3.05) is 13.1 Å².